The second kappa shape index (κ2) is 14.9. The minimum atomic E-state index is -0.963. The van der Waals surface area contributed by atoms with Crippen LogP contribution in [0.5, 0.6) is 11.5 Å². The molecule has 0 bridgehead atoms. The van der Waals surface area contributed by atoms with Gasteiger partial charge in [0, 0.05) is 30.8 Å². The number of rotatable bonds is 15. The highest BCUT2D eigenvalue weighted by atomic mass is 16.5. The van der Waals surface area contributed by atoms with Crippen molar-refractivity contribution in [2.75, 3.05) is 30.5 Å². The summed E-state index contributed by atoms with van der Waals surface area (Å²) in [6, 6.07) is 14.2. The highest BCUT2D eigenvalue weighted by molar-refractivity contribution is 6.00. The normalized spacial score (nSPS) is 13.9. The van der Waals surface area contributed by atoms with E-state index in [1.807, 2.05) is 19.1 Å². The van der Waals surface area contributed by atoms with E-state index in [0.29, 0.717) is 54.8 Å². The molecular formula is C29H39N3O6. The molecule has 1 aliphatic carbocycles. The van der Waals surface area contributed by atoms with E-state index in [1.54, 1.807) is 48.4 Å². The van der Waals surface area contributed by atoms with Crippen molar-refractivity contribution in [3.8, 4) is 11.5 Å². The van der Waals surface area contributed by atoms with Gasteiger partial charge in [-0.05, 0) is 74.2 Å². The van der Waals surface area contributed by atoms with Crippen LogP contribution in [-0.2, 0) is 14.4 Å². The van der Waals surface area contributed by atoms with Crippen molar-refractivity contribution in [3.63, 3.8) is 0 Å². The summed E-state index contributed by atoms with van der Waals surface area (Å²) in [5.74, 6) is 0.574. The minimum absolute atomic E-state index is 0.0476. The number of nitrogens with one attached hydrogen (secondary N) is 2. The van der Waals surface area contributed by atoms with Crippen LogP contribution in [0.1, 0.15) is 58.3 Å². The molecule has 9 nitrogen and oxygen atoms in total. The van der Waals surface area contributed by atoms with Crippen LogP contribution in [0.4, 0.5) is 11.4 Å². The standard InChI is InChI=1S/C29H39N3O6/c1-3-32(23-13-17-24(37-2)18-14-23)29(36)28(31-26(33)19-10-21-7-4-5-8-21)30-22-11-15-25(16-12-22)38-20-6-9-27(34)35/h11-18,21,28,30H,3-10,19-20H2,1-2H3,(H,31,33)(H,34,35). The third-order valence-electron chi connectivity index (χ3n) is 6.74. The fourth-order valence-corrected chi connectivity index (χ4v) is 4.64. The van der Waals surface area contributed by atoms with Crippen LogP contribution in [0.15, 0.2) is 48.5 Å². The molecule has 1 fully saturated rings. The summed E-state index contributed by atoms with van der Waals surface area (Å²) in [7, 11) is 1.59. The molecule has 0 aliphatic heterocycles. The number of methoxy groups -OCH3 is 1. The molecule has 9 heteroatoms. The second-order valence-corrected chi connectivity index (χ2v) is 9.48. The van der Waals surface area contributed by atoms with E-state index in [4.69, 9.17) is 14.6 Å². The van der Waals surface area contributed by atoms with E-state index in [2.05, 4.69) is 10.6 Å². The maximum Gasteiger partial charge on any atom is 0.303 e. The number of nitrogens with zero attached hydrogens (tertiary/aromatic N) is 1. The lowest BCUT2D eigenvalue weighted by atomic mass is 10.0. The molecule has 1 saturated carbocycles. The lowest BCUT2D eigenvalue weighted by Gasteiger charge is -2.28. The maximum atomic E-state index is 13.7. The van der Waals surface area contributed by atoms with E-state index in [1.165, 1.54) is 25.7 Å². The van der Waals surface area contributed by atoms with Crippen molar-refractivity contribution in [2.45, 2.75) is 64.5 Å². The van der Waals surface area contributed by atoms with Crippen molar-refractivity contribution >= 4 is 29.2 Å². The molecule has 3 N–H and O–H groups in total. The summed E-state index contributed by atoms with van der Waals surface area (Å²) in [5, 5.41) is 14.8. The highest BCUT2D eigenvalue weighted by Gasteiger charge is 2.27. The summed E-state index contributed by atoms with van der Waals surface area (Å²) < 4.78 is 10.8. The van der Waals surface area contributed by atoms with Crippen LogP contribution in [0.2, 0.25) is 0 Å². The number of carboxylic acids is 1. The molecule has 1 atom stereocenters. The molecule has 0 aromatic heterocycles. The summed E-state index contributed by atoms with van der Waals surface area (Å²) >= 11 is 0. The molecule has 0 saturated heterocycles. The molecule has 1 aliphatic rings. The third-order valence-corrected chi connectivity index (χ3v) is 6.74. The maximum absolute atomic E-state index is 13.7. The van der Waals surface area contributed by atoms with Crippen molar-refractivity contribution in [1.82, 2.24) is 5.32 Å². The number of aliphatic carboxylic acids is 1. The van der Waals surface area contributed by atoms with Gasteiger partial charge in [-0.15, -0.1) is 0 Å². The zero-order chi connectivity index (χ0) is 27.3. The van der Waals surface area contributed by atoms with Gasteiger partial charge in [0.25, 0.3) is 5.91 Å². The molecule has 2 aromatic rings. The van der Waals surface area contributed by atoms with Crippen molar-refractivity contribution in [3.05, 3.63) is 48.5 Å². The Labute approximate surface area is 224 Å². The van der Waals surface area contributed by atoms with Gasteiger partial charge in [0.1, 0.15) is 11.5 Å². The fraction of sp³-hybridized carbons (Fsp3) is 0.483. The van der Waals surface area contributed by atoms with Gasteiger partial charge >= 0.3 is 5.97 Å². The zero-order valence-electron chi connectivity index (χ0n) is 22.3. The van der Waals surface area contributed by atoms with E-state index in [9.17, 15) is 14.4 Å². The quantitative estimate of drug-likeness (QED) is 0.225. The summed E-state index contributed by atoms with van der Waals surface area (Å²) in [6.07, 6.45) is 5.49. The summed E-state index contributed by atoms with van der Waals surface area (Å²) in [5.41, 5.74) is 1.35. The monoisotopic (exact) mass is 525 g/mol. The average Bonchev–Trinajstić information content (AvgIpc) is 3.45. The Kier molecular flexibility index (Phi) is 11.3. The molecule has 3 rings (SSSR count). The van der Waals surface area contributed by atoms with Gasteiger partial charge < -0.3 is 30.1 Å². The first-order valence-corrected chi connectivity index (χ1v) is 13.4. The first-order valence-electron chi connectivity index (χ1n) is 13.4. The van der Waals surface area contributed by atoms with Gasteiger partial charge in [-0.2, -0.15) is 0 Å². The predicted molar refractivity (Wildman–Crippen MR) is 147 cm³/mol. The topological polar surface area (TPSA) is 117 Å². The number of amides is 2. The number of likely N-dealkylation sites (N-methyl/N-ethyl adjacent to an activating group) is 1. The number of benzene rings is 2. The number of carbonyl (C=O) groups is 3. The largest absolute Gasteiger partial charge is 0.497 e. The molecular weight excluding hydrogens is 486 g/mol. The minimum Gasteiger partial charge on any atom is -0.497 e. The third kappa shape index (κ3) is 8.97. The summed E-state index contributed by atoms with van der Waals surface area (Å²) in [6.45, 7) is 2.60. The second-order valence-electron chi connectivity index (χ2n) is 9.48. The number of hydrogen-bond acceptors (Lipinski definition) is 6. The Balaban J connectivity index is 1.69. The molecule has 38 heavy (non-hydrogen) atoms. The van der Waals surface area contributed by atoms with E-state index in [-0.39, 0.29) is 18.2 Å². The van der Waals surface area contributed by atoms with Crippen LogP contribution in [0.25, 0.3) is 0 Å². The van der Waals surface area contributed by atoms with Crippen molar-refractivity contribution in [2.24, 2.45) is 5.92 Å². The zero-order valence-corrected chi connectivity index (χ0v) is 22.3. The summed E-state index contributed by atoms with van der Waals surface area (Å²) in [4.78, 5) is 38.8. The van der Waals surface area contributed by atoms with Gasteiger partial charge in [-0.3, -0.25) is 14.4 Å². The smallest absolute Gasteiger partial charge is 0.303 e. The van der Waals surface area contributed by atoms with Crippen LogP contribution in [-0.4, -0.2) is 49.3 Å². The lowest BCUT2D eigenvalue weighted by Crippen LogP contribution is -2.53. The number of anilines is 2. The Morgan fingerprint density at radius 1 is 1.00 bits per heavy atom. The molecule has 2 amide bonds. The van der Waals surface area contributed by atoms with Gasteiger partial charge in [-0.1, -0.05) is 25.7 Å². The Hall–Kier alpha value is -3.75. The van der Waals surface area contributed by atoms with Crippen LogP contribution in [0, 0.1) is 5.92 Å². The van der Waals surface area contributed by atoms with Gasteiger partial charge in [-0.25, -0.2) is 0 Å². The molecule has 0 spiro atoms. The van der Waals surface area contributed by atoms with Crippen LogP contribution >= 0.6 is 0 Å². The number of hydrogen-bond donors (Lipinski definition) is 3. The molecule has 2 aromatic carbocycles. The van der Waals surface area contributed by atoms with Crippen LogP contribution in [0.3, 0.4) is 0 Å². The predicted octanol–water partition coefficient (Wildman–Crippen LogP) is 4.82. The Bertz CT molecular complexity index is 1040. The highest BCUT2D eigenvalue weighted by Crippen LogP contribution is 2.28. The lowest BCUT2D eigenvalue weighted by molar-refractivity contribution is -0.137. The molecule has 0 radical (unpaired) electrons. The molecule has 1 unspecified atom stereocenters. The first-order chi connectivity index (χ1) is 18.4. The molecule has 206 valence electrons. The van der Waals surface area contributed by atoms with Gasteiger partial charge in [0.2, 0.25) is 5.91 Å². The number of carbonyl (C=O) groups excluding carboxylic acids is 2. The Morgan fingerprint density at radius 3 is 2.26 bits per heavy atom. The first kappa shape index (κ1) is 28.8. The average molecular weight is 526 g/mol. The van der Waals surface area contributed by atoms with Crippen LogP contribution < -0.4 is 25.0 Å². The van der Waals surface area contributed by atoms with Gasteiger partial charge in [0.15, 0.2) is 6.17 Å². The van der Waals surface area contributed by atoms with Crippen molar-refractivity contribution in [1.29, 1.82) is 0 Å². The number of carboxylic acid groups (broad SMARTS) is 1. The fourth-order valence-electron chi connectivity index (χ4n) is 4.64. The van der Waals surface area contributed by atoms with E-state index < -0.39 is 12.1 Å². The van der Waals surface area contributed by atoms with Crippen molar-refractivity contribution < 1.29 is 29.0 Å². The SMILES string of the molecule is CCN(C(=O)C(NC(=O)CCC1CCCC1)Nc1ccc(OCCCC(=O)O)cc1)c1ccc(OC)cc1. The van der Waals surface area contributed by atoms with Gasteiger partial charge in [0.05, 0.1) is 13.7 Å². The molecule has 0 heterocycles. The number of ether oxygens (including phenoxy) is 2. The van der Waals surface area contributed by atoms with E-state index >= 15 is 0 Å². The Morgan fingerprint density at radius 2 is 1.66 bits per heavy atom. The van der Waals surface area contributed by atoms with E-state index in [0.717, 1.165) is 6.42 Å².